The summed E-state index contributed by atoms with van der Waals surface area (Å²) in [6.45, 7) is 6.16. The van der Waals surface area contributed by atoms with Crippen molar-refractivity contribution in [2.24, 2.45) is 10.9 Å². The lowest BCUT2D eigenvalue weighted by molar-refractivity contribution is -0.664. The summed E-state index contributed by atoms with van der Waals surface area (Å²) in [4.78, 5) is 65.9. The number of rotatable bonds is 15. The number of nitrogens with zero attached hydrogens (tertiary/aromatic N) is 6. The van der Waals surface area contributed by atoms with E-state index in [0.717, 1.165) is 48.4 Å². The highest BCUT2D eigenvalue weighted by Gasteiger charge is 2.54. The molecule has 7 N–H and O–H groups in total. The van der Waals surface area contributed by atoms with Gasteiger partial charge in [-0.3, -0.25) is 14.5 Å². The molecule has 0 radical (unpaired) electrons. The average molecular weight is 735 g/mol. The van der Waals surface area contributed by atoms with E-state index in [9.17, 15) is 24.3 Å². The number of pyridine rings is 1. The van der Waals surface area contributed by atoms with E-state index in [-0.39, 0.29) is 39.2 Å². The molecular weight excluding hydrogens is 698 g/mol. The molecule has 2 unspecified atom stereocenters. The highest BCUT2D eigenvalue weighted by molar-refractivity contribution is 8.00. The van der Waals surface area contributed by atoms with Crippen LogP contribution >= 0.6 is 34.7 Å². The molecule has 0 spiro atoms. The maximum absolute atomic E-state index is 13.5. The van der Waals surface area contributed by atoms with Gasteiger partial charge in [0.25, 0.3) is 11.8 Å². The van der Waals surface area contributed by atoms with Crippen LogP contribution in [0.3, 0.4) is 0 Å². The van der Waals surface area contributed by atoms with Crippen molar-refractivity contribution in [1.82, 2.24) is 24.8 Å². The van der Waals surface area contributed by atoms with Gasteiger partial charge in [0.1, 0.15) is 39.2 Å². The van der Waals surface area contributed by atoms with E-state index in [2.05, 4.69) is 26.9 Å². The number of hydrogen-bond donors (Lipinski definition) is 5. The molecule has 3 aromatic rings. The number of halogens is 1. The molecule has 19 heteroatoms. The van der Waals surface area contributed by atoms with E-state index in [4.69, 9.17) is 38.0 Å². The number of β-lactam (4-membered cyclic amide) rings is 1. The Balaban J connectivity index is 1.40. The van der Waals surface area contributed by atoms with Gasteiger partial charge in [0.15, 0.2) is 10.8 Å². The first kappa shape index (κ1) is 36.0. The number of carboxylic acids is 2. The number of anilines is 1. The van der Waals surface area contributed by atoms with Crippen LogP contribution in [0.1, 0.15) is 51.6 Å². The van der Waals surface area contributed by atoms with Crippen molar-refractivity contribution in [2.45, 2.75) is 83.1 Å². The minimum absolute atomic E-state index is 0.00361. The summed E-state index contributed by atoms with van der Waals surface area (Å²) in [5.41, 5.74) is 13.1. The van der Waals surface area contributed by atoms with Crippen molar-refractivity contribution in [1.29, 1.82) is 0 Å². The Morgan fingerprint density at radius 1 is 1.29 bits per heavy atom. The first-order valence-electron chi connectivity index (χ1n) is 15.5. The van der Waals surface area contributed by atoms with Gasteiger partial charge >= 0.3 is 17.6 Å². The van der Waals surface area contributed by atoms with Crippen LogP contribution in [0.25, 0.3) is 11.2 Å². The Labute approximate surface area is 294 Å². The first-order chi connectivity index (χ1) is 23.3. The Bertz CT molecular complexity index is 1860. The zero-order valence-corrected chi connectivity index (χ0v) is 29.3. The van der Waals surface area contributed by atoms with E-state index in [0.29, 0.717) is 17.8 Å². The van der Waals surface area contributed by atoms with Gasteiger partial charge in [0.05, 0.1) is 6.20 Å². The smallest absolute Gasteiger partial charge is 0.352 e. The number of aliphatic carboxylic acids is 2. The topological polar surface area (TPSA) is 232 Å². The number of carbonyl (C=O) groups is 4. The molecule has 16 nitrogen and oxygen atoms in total. The van der Waals surface area contributed by atoms with Crippen LogP contribution in [0.2, 0.25) is 4.34 Å². The molecule has 0 aliphatic carbocycles. The van der Waals surface area contributed by atoms with Crippen LogP contribution < -0.4 is 21.4 Å². The molecule has 262 valence electrons. The fourth-order valence-electron chi connectivity index (χ4n) is 5.47. The highest BCUT2D eigenvalue weighted by atomic mass is 35.5. The molecule has 49 heavy (non-hydrogen) atoms. The maximum atomic E-state index is 13.5. The van der Waals surface area contributed by atoms with Crippen molar-refractivity contribution >= 4 is 80.5 Å². The fraction of sp³-hybridized carbons (Fsp3) is 0.467. The number of aryl methyl sites for hydroxylation is 2. The number of carbonyl (C=O) groups excluding carboxylic acids is 2. The third kappa shape index (κ3) is 7.51. The van der Waals surface area contributed by atoms with Crippen molar-refractivity contribution in [2.75, 3.05) is 11.5 Å². The number of unbranched alkanes of at least 4 members (excludes halogenated alkanes) is 1. The largest absolute Gasteiger partial charge is 0.478 e. The molecular formula is C30H37ClN9O7S2+. The number of nitrogens with one attached hydrogen (secondary N) is 1. The number of nitrogens with two attached hydrogens (primary N) is 2. The summed E-state index contributed by atoms with van der Waals surface area (Å²) in [6.07, 6.45) is 3.96. The Hall–Kier alpha value is -4.26. The lowest BCUT2D eigenvalue weighted by Gasteiger charge is -2.49. The van der Waals surface area contributed by atoms with Crippen molar-refractivity contribution in [3.8, 4) is 0 Å². The van der Waals surface area contributed by atoms with Crippen LogP contribution in [0.4, 0.5) is 5.13 Å². The van der Waals surface area contributed by atoms with E-state index < -0.39 is 47.0 Å². The second-order valence-corrected chi connectivity index (χ2v) is 14.5. The standard InChI is InChI=1S/C30H36ClN9O7S2/c1-4-5-8-18-34-24-17(39(18)11-9-14(2)32)7-6-10-38(24)12-16-13-48-27-21(26(42)40(27)22(16)29(45)46)35-25(41)20(37-47-15(3)28(43)44)19-23(31)49-30(33)36-19/h6-7,10,14-15,21,27H,4-5,8-9,11-13,32H2,1-3H3,(H4-,33,35,36,41,43,44,45,46)/p+1/b37-20-/t14-,15-,21?,27?/m0/s1. The quantitative estimate of drug-likeness (QED) is 0.0650. The molecule has 2 aliphatic rings. The number of imidazole rings is 1. The zero-order chi connectivity index (χ0) is 35.6. The van der Waals surface area contributed by atoms with Crippen LogP contribution in [0.15, 0.2) is 34.8 Å². The molecule has 5 rings (SSSR count). The number of nitrogen functional groups attached to an aromatic ring is 1. The van der Waals surface area contributed by atoms with Gasteiger partial charge in [-0.15, -0.1) is 11.8 Å². The van der Waals surface area contributed by atoms with Crippen LogP contribution in [-0.4, -0.2) is 88.4 Å². The number of carboxylic acid groups (broad SMARTS) is 2. The summed E-state index contributed by atoms with van der Waals surface area (Å²) in [5, 5.41) is 25.0. The molecule has 0 bridgehead atoms. The van der Waals surface area contributed by atoms with E-state index >= 15 is 0 Å². The van der Waals surface area contributed by atoms with Crippen LogP contribution in [0.5, 0.6) is 0 Å². The molecule has 0 saturated carbocycles. The molecule has 0 aromatic carbocycles. The molecule has 5 heterocycles. The normalized spacial score (nSPS) is 19.0. The predicted molar refractivity (Wildman–Crippen MR) is 183 cm³/mol. The van der Waals surface area contributed by atoms with Gasteiger partial charge in [-0.1, -0.05) is 41.4 Å². The minimum atomic E-state index is -1.41. The highest BCUT2D eigenvalue weighted by Crippen LogP contribution is 2.40. The monoisotopic (exact) mass is 734 g/mol. The number of aromatic nitrogens is 4. The molecule has 2 amide bonds. The lowest BCUT2D eigenvalue weighted by atomic mass is 10.0. The van der Waals surface area contributed by atoms with E-state index in [1.54, 1.807) is 0 Å². The number of thioether (sulfide) groups is 1. The third-order valence-corrected chi connectivity index (χ3v) is 10.4. The summed E-state index contributed by atoms with van der Waals surface area (Å²) in [7, 11) is 0. The number of amides is 2. The maximum Gasteiger partial charge on any atom is 0.352 e. The minimum Gasteiger partial charge on any atom is -0.478 e. The number of oxime groups is 1. The van der Waals surface area contributed by atoms with Gasteiger partial charge in [-0.2, -0.15) is 0 Å². The van der Waals surface area contributed by atoms with Gasteiger partial charge in [0.2, 0.25) is 11.9 Å². The van der Waals surface area contributed by atoms with Crippen molar-refractivity contribution < 1.29 is 38.8 Å². The van der Waals surface area contributed by atoms with Gasteiger partial charge in [-0.05, 0) is 43.8 Å². The lowest BCUT2D eigenvalue weighted by Crippen LogP contribution is -2.71. The number of hydrogen-bond acceptors (Lipinski definition) is 12. The number of fused-ring (bicyclic) bond motifs is 2. The molecule has 4 atom stereocenters. The van der Waals surface area contributed by atoms with E-state index in [1.165, 1.54) is 23.6 Å². The van der Waals surface area contributed by atoms with Crippen LogP contribution in [-0.2, 0) is 43.5 Å². The van der Waals surface area contributed by atoms with Crippen molar-refractivity contribution in [3.05, 3.63) is 45.5 Å². The second kappa shape index (κ2) is 15.1. The van der Waals surface area contributed by atoms with Gasteiger partial charge < -0.3 is 36.4 Å². The molecule has 2 aliphatic heterocycles. The third-order valence-electron chi connectivity index (χ3n) is 8.01. The predicted octanol–water partition coefficient (Wildman–Crippen LogP) is 1.73. The molecule has 3 aromatic heterocycles. The van der Waals surface area contributed by atoms with Crippen molar-refractivity contribution in [3.63, 3.8) is 0 Å². The fourth-order valence-corrected chi connectivity index (χ4v) is 7.74. The molecule has 1 saturated heterocycles. The van der Waals surface area contributed by atoms with Gasteiger partial charge in [-0.25, -0.2) is 19.1 Å². The Morgan fingerprint density at radius 3 is 2.67 bits per heavy atom. The number of thiazole rings is 1. The summed E-state index contributed by atoms with van der Waals surface area (Å²) < 4.78 is 4.06. The summed E-state index contributed by atoms with van der Waals surface area (Å²) in [6, 6.07) is 2.77. The van der Waals surface area contributed by atoms with Crippen LogP contribution in [0, 0.1) is 0 Å². The summed E-state index contributed by atoms with van der Waals surface area (Å²) >= 11 is 8.36. The molecule has 1 fully saturated rings. The van der Waals surface area contributed by atoms with E-state index in [1.807, 2.05) is 29.8 Å². The Kier molecular flexibility index (Phi) is 11.1. The Morgan fingerprint density at radius 2 is 2.04 bits per heavy atom. The second-order valence-electron chi connectivity index (χ2n) is 11.7. The zero-order valence-electron chi connectivity index (χ0n) is 27.0. The first-order valence-corrected chi connectivity index (χ1v) is 17.8. The van der Waals surface area contributed by atoms with Gasteiger partial charge in [0, 0.05) is 30.3 Å². The SMILES string of the molecule is CCCCc1nc2c(ccc[n+]2CC2=C(C(=O)O)N3C(=O)C(NC(=O)/C(=N\O[C@@H](C)C(=O)O)c4nc(N)sc4Cl)C3SC2)n1CC[C@H](C)N. The summed E-state index contributed by atoms with van der Waals surface area (Å²) in [5.74, 6) is -2.99. The average Bonchev–Trinajstić information content (AvgIpc) is 3.59.